The number of aromatic nitrogens is 2. The summed E-state index contributed by atoms with van der Waals surface area (Å²) in [4.78, 5) is 36.3. The zero-order chi connectivity index (χ0) is 28.2. The predicted molar refractivity (Wildman–Crippen MR) is 150 cm³/mol. The van der Waals surface area contributed by atoms with Gasteiger partial charge in [-0.05, 0) is 49.6 Å². The van der Waals surface area contributed by atoms with Gasteiger partial charge in [0.1, 0.15) is 22.9 Å². The van der Waals surface area contributed by atoms with Gasteiger partial charge in [-0.1, -0.05) is 25.0 Å². The quantitative estimate of drug-likeness (QED) is 0.301. The molecule has 2 unspecified atom stereocenters. The molecule has 1 saturated carbocycles. The van der Waals surface area contributed by atoms with E-state index in [1.54, 1.807) is 25.2 Å². The SMILES string of the molecule is COc1ccc(CN2Cc3nc(NC4CCCCC4NC(=O)O)nc(Nc4cccc(C)c4)c3C2=O)c(OC)c1. The number of rotatable bonds is 9. The lowest BCUT2D eigenvalue weighted by molar-refractivity contribution is 0.0765. The molecule has 2 aliphatic rings. The number of hydrogen-bond acceptors (Lipinski definition) is 8. The van der Waals surface area contributed by atoms with Gasteiger partial charge in [-0.25, -0.2) is 9.78 Å². The molecule has 0 radical (unpaired) electrons. The normalized spacial score (nSPS) is 18.2. The number of amides is 2. The molecule has 2 atom stereocenters. The van der Waals surface area contributed by atoms with Crippen molar-refractivity contribution in [3.05, 3.63) is 64.8 Å². The molecule has 2 amide bonds. The topological polar surface area (TPSA) is 138 Å². The Balaban J connectivity index is 1.46. The summed E-state index contributed by atoms with van der Waals surface area (Å²) in [5, 5.41) is 18.6. The highest BCUT2D eigenvalue weighted by molar-refractivity contribution is 6.03. The third-order valence-corrected chi connectivity index (χ3v) is 7.35. The molecule has 0 spiro atoms. The average Bonchev–Trinajstić information content (AvgIpc) is 3.24. The summed E-state index contributed by atoms with van der Waals surface area (Å²) in [6.45, 7) is 2.61. The molecule has 0 saturated heterocycles. The van der Waals surface area contributed by atoms with Crippen LogP contribution in [0.15, 0.2) is 42.5 Å². The highest BCUT2D eigenvalue weighted by atomic mass is 16.5. The van der Waals surface area contributed by atoms with Gasteiger partial charge in [-0.3, -0.25) is 4.79 Å². The summed E-state index contributed by atoms with van der Waals surface area (Å²) in [5.74, 6) is 1.88. The Kier molecular flexibility index (Phi) is 7.90. The summed E-state index contributed by atoms with van der Waals surface area (Å²) in [7, 11) is 3.18. The van der Waals surface area contributed by atoms with Crippen LogP contribution >= 0.6 is 0 Å². The van der Waals surface area contributed by atoms with Gasteiger partial charge in [0.2, 0.25) is 5.95 Å². The zero-order valence-corrected chi connectivity index (χ0v) is 22.9. The minimum Gasteiger partial charge on any atom is -0.497 e. The summed E-state index contributed by atoms with van der Waals surface area (Å²) in [6.07, 6.45) is 2.40. The van der Waals surface area contributed by atoms with E-state index in [0.717, 1.165) is 42.5 Å². The van der Waals surface area contributed by atoms with E-state index in [1.165, 1.54) is 0 Å². The van der Waals surface area contributed by atoms with Crippen molar-refractivity contribution in [2.75, 3.05) is 24.9 Å². The minimum absolute atomic E-state index is 0.161. The van der Waals surface area contributed by atoms with E-state index in [1.807, 2.05) is 43.3 Å². The molecule has 11 heteroatoms. The number of fused-ring (bicyclic) bond motifs is 1. The summed E-state index contributed by atoms with van der Waals surface area (Å²) in [5.41, 5.74) is 3.73. The molecule has 1 aliphatic heterocycles. The van der Waals surface area contributed by atoms with Crippen LogP contribution < -0.4 is 25.4 Å². The first-order valence-electron chi connectivity index (χ1n) is 13.4. The van der Waals surface area contributed by atoms with Crippen LogP contribution in [-0.2, 0) is 13.1 Å². The molecule has 5 rings (SSSR count). The van der Waals surface area contributed by atoms with Gasteiger partial charge in [0.15, 0.2) is 0 Å². The smallest absolute Gasteiger partial charge is 0.404 e. The van der Waals surface area contributed by atoms with Crippen LogP contribution in [0.1, 0.15) is 52.9 Å². The van der Waals surface area contributed by atoms with Crippen molar-refractivity contribution in [1.82, 2.24) is 20.2 Å². The molecule has 0 bridgehead atoms. The Morgan fingerprint density at radius 3 is 2.60 bits per heavy atom. The zero-order valence-electron chi connectivity index (χ0n) is 22.9. The van der Waals surface area contributed by atoms with Gasteiger partial charge < -0.3 is 35.4 Å². The second-order valence-corrected chi connectivity index (χ2v) is 10.1. The lowest BCUT2D eigenvalue weighted by atomic mass is 9.90. The summed E-state index contributed by atoms with van der Waals surface area (Å²) in [6, 6.07) is 12.9. The van der Waals surface area contributed by atoms with Crippen molar-refractivity contribution in [2.45, 2.75) is 57.8 Å². The predicted octanol–water partition coefficient (Wildman–Crippen LogP) is 4.69. The van der Waals surface area contributed by atoms with Crippen molar-refractivity contribution in [3.63, 3.8) is 0 Å². The third-order valence-electron chi connectivity index (χ3n) is 7.35. The van der Waals surface area contributed by atoms with Crippen LogP contribution in [0.25, 0.3) is 0 Å². The Bertz CT molecular complexity index is 1410. The molecule has 40 heavy (non-hydrogen) atoms. The number of nitrogens with zero attached hydrogens (tertiary/aromatic N) is 3. The maximum absolute atomic E-state index is 13.7. The Hall–Kier alpha value is -4.54. The Morgan fingerprint density at radius 1 is 1.07 bits per heavy atom. The number of aryl methyl sites for hydroxylation is 1. The molecule has 1 aromatic heterocycles. The van der Waals surface area contributed by atoms with Crippen LogP contribution in [0.2, 0.25) is 0 Å². The molecule has 2 aromatic carbocycles. The fourth-order valence-electron chi connectivity index (χ4n) is 5.39. The van der Waals surface area contributed by atoms with E-state index >= 15 is 0 Å². The van der Waals surface area contributed by atoms with E-state index in [4.69, 9.17) is 19.4 Å². The molecule has 2 heterocycles. The van der Waals surface area contributed by atoms with Crippen molar-refractivity contribution in [1.29, 1.82) is 0 Å². The largest absolute Gasteiger partial charge is 0.497 e. The maximum atomic E-state index is 13.7. The van der Waals surface area contributed by atoms with E-state index in [9.17, 15) is 14.7 Å². The molecule has 4 N–H and O–H groups in total. The average molecular weight is 547 g/mol. The van der Waals surface area contributed by atoms with Gasteiger partial charge in [0, 0.05) is 23.4 Å². The Labute approximate surface area is 232 Å². The number of anilines is 3. The van der Waals surface area contributed by atoms with Gasteiger partial charge in [0.25, 0.3) is 5.91 Å². The van der Waals surface area contributed by atoms with Crippen LogP contribution in [0.3, 0.4) is 0 Å². The lowest BCUT2D eigenvalue weighted by Crippen LogP contribution is -2.48. The van der Waals surface area contributed by atoms with E-state index < -0.39 is 6.09 Å². The number of hydrogen-bond donors (Lipinski definition) is 4. The summed E-state index contributed by atoms with van der Waals surface area (Å²) >= 11 is 0. The van der Waals surface area contributed by atoms with Crippen LogP contribution in [0.5, 0.6) is 11.5 Å². The van der Waals surface area contributed by atoms with Crippen LogP contribution in [0, 0.1) is 6.92 Å². The number of methoxy groups -OCH3 is 2. The second kappa shape index (κ2) is 11.7. The van der Waals surface area contributed by atoms with Crippen molar-refractivity contribution < 1.29 is 24.2 Å². The number of carboxylic acid groups (broad SMARTS) is 1. The standard InChI is InChI=1S/C29H34N6O5/c1-17-7-6-8-19(13-17)30-26-25-23(32-28(34-26)31-21-9-4-5-10-22(21)33-29(37)38)16-35(27(25)36)15-18-11-12-20(39-2)14-24(18)40-3/h6-8,11-14,21-22,33H,4-5,9-10,15-16H2,1-3H3,(H,37,38)(H2,30,31,32,34). The van der Waals surface area contributed by atoms with Gasteiger partial charge in [-0.15, -0.1) is 0 Å². The monoisotopic (exact) mass is 546 g/mol. The van der Waals surface area contributed by atoms with Gasteiger partial charge >= 0.3 is 6.09 Å². The van der Waals surface area contributed by atoms with E-state index in [2.05, 4.69) is 16.0 Å². The molecule has 210 valence electrons. The van der Waals surface area contributed by atoms with Crippen molar-refractivity contribution in [2.24, 2.45) is 0 Å². The fourth-order valence-corrected chi connectivity index (χ4v) is 5.39. The van der Waals surface area contributed by atoms with Crippen LogP contribution in [0.4, 0.5) is 22.2 Å². The number of ether oxygens (including phenoxy) is 2. The summed E-state index contributed by atoms with van der Waals surface area (Å²) < 4.78 is 10.9. The van der Waals surface area contributed by atoms with Crippen molar-refractivity contribution >= 4 is 29.5 Å². The van der Waals surface area contributed by atoms with Crippen LogP contribution in [-0.4, -0.2) is 58.3 Å². The van der Waals surface area contributed by atoms with E-state index in [-0.39, 0.29) is 18.0 Å². The third kappa shape index (κ3) is 5.88. The first kappa shape index (κ1) is 27.0. The Morgan fingerprint density at radius 2 is 1.88 bits per heavy atom. The number of benzene rings is 2. The first-order valence-corrected chi connectivity index (χ1v) is 13.4. The lowest BCUT2D eigenvalue weighted by Gasteiger charge is -2.32. The second-order valence-electron chi connectivity index (χ2n) is 10.1. The molecule has 1 fully saturated rings. The first-order chi connectivity index (χ1) is 19.3. The minimum atomic E-state index is -1.05. The highest BCUT2D eigenvalue weighted by Crippen LogP contribution is 2.34. The highest BCUT2D eigenvalue weighted by Gasteiger charge is 2.35. The molecule has 11 nitrogen and oxygen atoms in total. The molecular formula is C29H34N6O5. The van der Waals surface area contributed by atoms with E-state index in [0.29, 0.717) is 47.6 Å². The fraction of sp³-hybridized carbons (Fsp3) is 0.379. The maximum Gasteiger partial charge on any atom is 0.404 e. The molecular weight excluding hydrogens is 512 g/mol. The number of nitrogens with one attached hydrogen (secondary N) is 3. The molecule has 1 aliphatic carbocycles. The van der Waals surface area contributed by atoms with Crippen molar-refractivity contribution in [3.8, 4) is 11.5 Å². The van der Waals surface area contributed by atoms with Gasteiger partial charge in [0.05, 0.1) is 39.0 Å². The number of carbonyl (C=O) groups is 2. The number of carbonyl (C=O) groups excluding carboxylic acids is 1. The van der Waals surface area contributed by atoms with Gasteiger partial charge in [-0.2, -0.15) is 4.98 Å². The molecule has 3 aromatic rings.